The highest BCUT2D eigenvalue weighted by atomic mass is 16.5. The van der Waals surface area contributed by atoms with Gasteiger partial charge in [0.1, 0.15) is 5.76 Å². The molecule has 2 rings (SSSR count). The van der Waals surface area contributed by atoms with Crippen molar-refractivity contribution in [2.24, 2.45) is 0 Å². The number of aromatic nitrogens is 1. The second-order valence-corrected chi connectivity index (χ2v) is 5.11. The maximum absolute atomic E-state index is 12.2. The molecule has 1 unspecified atom stereocenters. The first kappa shape index (κ1) is 12.1. The fourth-order valence-electron chi connectivity index (χ4n) is 2.21. The number of carbonyl (C=O) groups excluding carboxylic acids is 1. The Morgan fingerprint density at radius 3 is 2.88 bits per heavy atom. The highest BCUT2D eigenvalue weighted by Gasteiger charge is 2.26. The fraction of sp³-hybridized carbons (Fsp3) is 0.692. The van der Waals surface area contributed by atoms with E-state index >= 15 is 0 Å². The normalized spacial score (nSPS) is 20.9. The first-order chi connectivity index (χ1) is 8.09. The van der Waals surface area contributed by atoms with Crippen LogP contribution in [0.5, 0.6) is 0 Å². The van der Waals surface area contributed by atoms with Crippen molar-refractivity contribution in [2.75, 3.05) is 6.54 Å². The molecule has 0 aromatic carbocycles. The molecule has 0 saturated carbocycles. The van der Waals surface area contributed by atoms with Crippen LogP contribution in [0, 0.1) is 0 Å². The molecule has 0 aliphatic carbocycles. The Morgan fingerprint density at radius 1 is 1.53 bits per heavy atom. The second-order valence-electron chi connectivity index (χ2n) is 5.11. The molecule has 17 heavy (non-hydrogen) atoms. The molecule has 0 bridgehead atoms. The van der Waals surface area contributed by atoms with Crippen molar-refractivity contribution in [3.63, 3.8) is 0 Å². The minimum atomic E-state index is 0.00727. The zero-order chi connectivity index (χ0) is 12.4. The minimum Gasteiger partial charge on any atom is -0.360 e. The van der Waals surface area contributed by atoms with Gasteiger partial charge in [-0.15, -0.1) is 0 Å². The summed E-state index contributed by atoms with van der Waals surface area (Å²) >= 11 is 0. The summed E-state index contributed by atoms with van der Waals surface area (Å²) in [5, 5.41) is 3.88. The van der Waals surface area contributed by atoms with Crippen molar-refractivity contribution in [1.29, 1.82) is 0 Å². The summed E-state index contributed by atoms with van der Waals surface area (Å²) in [6, 6.07) is 2.09. The third kappa shape index (κ3) is 2.51. The van der Waals surface area contributed by atoms with E-state index in [1.165, 1.54) is 6.42 Å². The molecule has 94 valence electrons. The van der Waals surface area contributed by atoms with E-state index in [1.807, 2.05) is 18.7 Å². The van der Waals surface area contributed by atoms with E-state index in [0.717, 1.165) is 25.1 Å². The van der Waals surface area contributed by atoms with E-state index in [4.69, 9.17) is 4.52 Å². The van der Waals surface area contributed by atoms with Gasteiger partial charge in [0.25, 0.3) is 5.91 Å². The van der Waals surface area contributed by atoms with Gasteiger partial charge in [0.15, 0.2) is 5.69 Å². The van der Waals surface area contributed by atoms with Crippen molar-refractivity contribution >= 4 is 5.91 Å². The number of piperidine rings is 1. The smallest absolute Gasteiger partial charge is 0.276 e. The molecule has 1 atom stereocenters. The van der Waals surface area contributed by atoms with Crippen molar-refractivity contribution in [3.8, 4) is 0 Å². The van der Waals surface area contributed by atoms with Gasteiger partial charge >= 0.3 is 0 Å². The second kappa shape index (κ2) is 4.90. The maximum Gasteiger partial charge on any atom is 0.276 e. The first-order valence-electron chi connectivity index (χ1n) is 6.37. The summed E-state index contributed by atoms with van der Waals surface area (Å²) in [5.41, 5.74) is 0.447. The highest BCUT2D eigenvalue weighted by Crippen LogP contribution is 2.21. The van der Waals surface area contributed by atoms with Gasteiger partial charge in [-0.05, 0) is 26.2 Å². The molecule has 1 fully saturated rings. The van der Waals surface area contributed by atoms with Crippen LogP contribution in [-0.2, 0) is 0 Å². The Hall–Kier alpha value is -1.32. The molecular formula is C13H20N2O2. The molecule has 1 aromatic heterocycles. The van der Waals surface area contributed by atoms with E-state index in [0.29, 0.717) is 11.7 Å². The molecule has 1 saturated heterocycles. The highest BCUT2D eigenvalue weighted by molar-refractivity contribution is 5.92. The van der Waals surface area contributed by atoms with Gasteiger partial charge in [-0.1, -0.05) is 19.0 Å². The Kier molecular flexibility index (Phi) is 3.50. The summed E-state index contributed by atoms with van der Waals surface area (Å²) < 4.78 is 5.18. The van der Waals surface area contributed by atoms with Crippen LogP contribution in [0.25, 0.3) is 0 Å². The number of likely N-dealkylation sites (tertiary alicyclic amines) is 1. The first-order valence-corrected chi connectivity index (χ1v) is 6.37. The summed E-state index contributed by atoms with van der Waals surface area (Å²) in [6.45, 7) is 6.99. The van der Waals surface area contributed by atoms with Crippen LogP contribution >= 0.6 is 0 Å². The third-order valence-electron chi connectivity index (χ3n) is 3.38. The van der Waals surface area contributed by atoms with E-state index in [-0.39, 0.29) is 11.8 Å². The molecule has 0 N–H and O–H groups in total. The van der Waals surface area contributed by atoms with Crippen molar-refractivity contribution in [3.05, 3.63) is 17.5 Å². The van der Waals surface area contributed by atoms with E-state index < -0.39 is 0 Å². The molecule has 4 nitrogen and oxygen atoms in total. The molecule has 1 aliphatic heterocycles. The largest absolute Gasteiger partial charge is 0.360 e. The van der Waals surface area contributed by atoms with Crippen molar-refractivity contribution in [2.45, 2.75) is 52.0 Å². The zero-order valence-corrected chi connectivity index (χ0v) is 10.8. The standard InChI is InChI=1S/C13H20N2O2/c1-9(2)12-8-11(14-17-12)13(16)15-7-5-4-6-10(15)3/h8-10H,4-7H2,1-3H3. The van der Waals surface area contributed by atoms with Gasteiger partial charge in [0.2, 0.25) is 0 Å². The molecule has 1 amide bonds. The predicted molar refractivity (Wildman–Crippen MR) is 64.9 cm³/mol. The summed E-state index contributed by atoms with van der Waals surface area (Å²) in [7, 11) is 0. The van der Waals surface area contributed by atoms with Crippen molar-refractivity contribution < 1.29 is 9.32 Å². The Morgan fingerprint density at radius 2 is 2.29 bits per heavy atom. The lowest BCUT2D eigenvalue weighted by Gasteiger charge is -2.32. The molecule has 1 aliphatic rings. The molecule has 2 heterocycles. The van der Waals surface area contributed by atoms with Gasteiger partial charge in [-0.3, -0.25) is 4.79 Å². The fourth-order valence-corrected chi connectivity index (χ4v) is 2.21. The summed E-state index contributed by atoms with van der Waals surface area (Å²) in [5.74, 6) is 1.05. The summed E-state index contributed by atoms with van der Waals surface area (Å²) in [6.07, 6.45) is 3.38. The molecule has 0 radical (unpaired) electrons. The van der Waals surface area contributed by atoms with Crippen LogP contribution in [0.3, 0.4) is 0 Å². The summed E-state index contributed by atoms with van der Waals surface area (Å²) in [4.78, 5) is 14.2. The molecular weight excluding hydrogens is 216 g/mol. The van der Waals surface area contributed by atoms with Crippen LogP contribution < -0.4 is 0 Å². The molecule has 4 heteroatoms. The average molecular weight is 236 g/mol. The van der Waals surface area contributed by atoms with Gasteiger partial charge in [0.05, 0.1) is 0 Å². The van der Waals surface area contributed by atoms with Gasteiger partial charge < -0.3 is 9.42 Å². The van der Waals surface area contributed by atoms with Gasteiger partial charge in [-0.25, -0.2) is 0 Å². The number of carbonyl (C=O) groups is 1. The van der Waals surface area contributed by atoms with Crippen molar-refractivity contribution in [1.82, 2.24) is 10.1 Å². The average Bonchev–Trinajstić information content (AvgIpc) is 2.78. The Balaban J connectivity index is 2.12. The number of hydrogen-bond acceptors (Lipinski definition) is 3. The maximum atomic E-state index is 12.2. The number of amides is 1. The third-order valence-corrected chi connectivity index (χ3v) is 3.38. The molecule has 0 spiro atoms. The lowest BCUT2D eigenvalue weighted by Crippen LogP contribution is -2.42. The number of rotatable bonds is 2. The molecule has 1 aromatic rings. The Labute approximate surface area is 102 Å². The zero-order valence-electron chi connectivity index (χ0n) is 10.8. The monoisotopic (exact) mass is 236 g/mol. The van der Waals surface area contributed by atoms with E-state index in [9.17, 15) is 4.79 Å². The lowest BCUT2D eigenvalue weighted by molar-refractivity contribution is 0.0625. The van der Waals surface area contributed by atoms with E-state index in [1.54, 1.807) is 6.07 Å². The van der Waals surface area contributed by atoms with Crippen LogP contribution in [-0.4, -0.2) is 28.6 Å². The van der Waals surface area contributed by atoms with Crippen LogP contribution in [0.15, 0.2) is 10.6 Å². The predicted octanol–water partition coefficient (Wildman–Crippen LogP) is 2.81. The van der Waals surface area contributed by atoms with Crippen LogP contribution in [0.2, 0.25) is 0 Å². The van der Waals surface area contributed by atoms with Crippen LogP contribution in [0.1, 0.15) is 62.2 Å². The quantitative estimate of drug-likeness (QED) is 0.793. The number of hydrogen-bond donors (Lipinski definition) is 0. The van der Waals surface area contributed by atoms with E-state index in [2.05, 4.69) is 12.1 Å². The lowest BCUT2D eigenvalue weighted by atomic mass is 10.0. The Bertz CT molecular complexity index is 398. The van der Waals surface area contributed by atoms with Gasteiger partial charge in [0, 0.05) is 24.6 Å². The van der Waals surface area contributed by atoms with Gasteiger partial charge in [-0.2, -0.15) is 0 Å². The SMILES string of the molecule is CC(C)c1cc(C(=O)N2CCCCC2C)no1. The number of nitrogens with zero attached hydrogens (tertiary/aromatic N) is 2. The minimum absolute atomic E-state index is 0.00727. The van der Waals surface area contributed by atoms with Crippen LogP contribution in [0.4, 0.5) is 0 Å². The topological polar surface area (TPSA) is 46.3 Å².